The molecule has 0 spiro atoms. The van der Waals surface area contributed by atoms with Gasteiger partial charge in [-0.1, -0.05) is 13.8 Å². The maximum atomic E-state index is 12.5. The van der Waals surface area contributed by atoms with Crippen molar-refractivity contribution in [1.82, 2.24) is 20.4 Å². The van der Waals surface area contributed by atoms with E-state index in [2.05, 4.69) is 29.4 Å². The first-order valence-electron chi connectivity index (χ1n) is 8.98. The van der Waals surface area contributed by atoms with Gasteiger partial charge in [0.1, 0.15) is 6.04 Å². The fraction of sp³-hybridized carbons (Fsp3) is 0.824. The third-order valence-corrected chi connectivity index (χ3v) is 4.79. The highest BCUT2D eigenvalue weighted by Crippen LogP contribution is 2.32. The summed E-state index contributed by atoms with van der Waals surface area (Å²) < 4.78 is 5.99. The molecule has 2 atom stereocenters. The Morgan fingerprint density at radius 2 is 2.09 bits per heavy atom. The molecule has 0 unspecified atom stereocenters. The monoisotopic (exact) mass is 320 g/mol. The van der Waals surface area contributed by atoms with E-state index in [0.717, 1.165) is 57.6 Å². The minimum absolute atomic E-state index is 0.0344. The van der Waals surface area contributed by atoms with Gasteiger partial charge in [0.25, 0.3) is 0 Å². The number of nitrogens with zero attached hydrogens (tertiary/aromatic N) is 3. The van der Waals surface area contributed by atoms with E-state index in [1.54, 1.807) is 0 Å². The molecule has 1 amide bonds. The van der Waals surface area contributed by atoms with Crippen LogP contribution in [0.5, 0.6) is 0 Å². The maximum absolute atomic E-state index is 12.5. The molecule has 2 saturated heterocycles. The molecule has 0 aromatic carbocycles. The van der Waals surface area contributed by atoms with Crippen molar-refractivity contribution < 1.29 is 9.21 Å². The Balaban J connectivity index is 1.72. The Hall–Kier alpha value is -1.43. The lowest BCUT2D eigenvalue weighted by Gasteiger charge is -2.34. The van der Waals surface area contributed by atoms with Crippen molar-refractivity contribution in [2.75, 3.05) is 19.6 Å². The molecule has 2 aliphatic heterocycles. The second-order valence-corrected chi connectivity index (χ2v) is 7.22. The summed E-state index contributed by atoms with van der Waals surface area (Å²) in [5.74, 6) is 2.25. The SMILES string of the molecule is CC(C)CC(=O)N1CCCC[C@@H]1c1nnc([C@H]2CCCNC2)o1. The minimum Gasteiger partial charge on any atom is -0.423 e. The molecule has 1 aromatic heterocycles. The van der Waals surface area contributed by atoms with Gasteiger partial charge in [-0.15, -0.1) is 10.2 Å². The van der Waals surface area contributed by atoms with Gasteiger partial charge in [0.15, 0.2) is 0 Å². The average molecular weight is 320 g/mol. The van der Waals surface area contributed by atoms with E-state index < -0.39 is 0 Å². The topological polar surface area (TPSA) is 71.3 Å². The number of carbonyl (C=O) groups is 1. The molecule has 6 heteroatoms. The van der Waals surface area contributed by atoms with Gasteiger partial charge >= 0.3 is 0 Å². The first-order valence-corrected chi connectivity index (χ1v) is 8.98. The summed E-state index contributed by atoms with van der Waals surface area (Å²) in [7, 11) is 0. The molecule has 0 radical (unpaired) electrons. The van der Waals surface area contributed by atoms with Gasteiger partial charge in [0, 0.05) is 25.4 Å². The van der Waals surface area contributed by atoms with Gasteiger partial charge in [-0.2, -0.15) is 0 Å². The van der Waals surface area contributed by atoms with Gasteiger partial charge in [0.2, 0.25) is 17.7 Å². The van der Waals surface area contributed by atoms with E-state index in [0.29, 0.717) is 24.1 Å². The molecule has 0 saturated carbocycles. The predicted molar refractivity (Wildman–Crippen MR) is 86.9 cm³/mol. The fourth-order valence-corrected chi connectivity index (χ4v) is 3.56. The molecule has 6 nitrogen and oxygen atoms in total. The van der Waals surface area contributed by atoms with Crippen molar-refractivity contribution in [3.8, 4) is 0 Å². The number of piperidine rings is 2. The van der Waals surface area contributed by atoms with Crippen LogP contribution in [0.15, 0.2) is 4.42 Å². The molecule has 1 aromatic rings. The zero-order valence-electron chi connectivity index (χ0n) is 14.3. The van der Waals surface area contributed by atoms with Crippen LogP contribution in [0.2, 0.25) is 0 Å². The Morgan fingerprint density at radius 1 is 1.26 bits per heavy atom. The van der Waals surface area contributed by atoms with E-state index in [1.807, 2.05) is 4.90 Å². The second-order valence-electron chi connectivity index (χ2n) is 7.22. The van der Waals surface area contributed by atoms with Crippen LogP contribution in [0.1, 0.15) is 76.1 Å². The normalized spacial score (nSPS) is 25.8. The fourth-order valence-electron chi connectivity index (χ4n) is 3.56. The number of hydrogen-bond donors (Lipinski definition) is 1. The molecule has 0 aliphatic carbocycles. The third-order valence-electron chi connectivity index (χ3n) is 4.79. The Morgan fingerprint density at radius 3 is 2.83 bits per heavy atom. The number of carbonyl (C=O) groups excluding carboxylic acids is 1. The van der Waals surface area contributed by atoms with Crippen LogP contribution >= 0.6 is 0 Å². The van der Waals surface area contributed by atoms with Gasteiger partial charge in [-0.25, -0.2) is 0 Å². The number of likely N-dealkylation sites (tertiary alicyclic amines) is 1. The molecule has 2 aliphatic rings. The second kappa shape index (κ2) is 7.43. The lowest BCUT2D eigenvalue weighted by Crippen LogP contribution is -2.39. The first-order chi connectivity index (χ1) is 11.1. The van der Waals surface area contributed by atoms with Crippen molar-refractivity contribution in [2.45, 2.75) is 64.3 Å². The highest BCUT2D eigenvalue weighted by molar-refractivity contribution is 5.76. The van der Waals surface area contributed by atoms with Gasteiger partial charge in [-0.3, -0.25) is 4.79 Å². The molecule has 3 rings (SSSR count). The number of hydrogen-bond acceptors (Lipinski definition) is 5. The van der Waals surface area contributed by atoms with Gasteiger partial charge in [-0.05, 0) is 44.6 Å². The lowest BCUT2D eigenvalue weighted by molar-refractivity contribution is -0.136. The van der Waals surface area contributed by atoms with Gasteiger partial charge < -0.3 is 14.6 Å². The molecule has 0 bridgehead atoms. The summed E-state index contributed by atoms with van der Waals surface area (Å²) in [5.41, 5.74) is 0. The van der Waals surface area contributed by atoms with Crippen molar-refractivity contribution in [3.63, 3.8) is 0 Å². The molecule has 1 N–H and O–H groups in total. The van der Waals surface area contributed by atoms with E-state index in [-0.39, 0.29) is 11.9 Å². The van der Waals surface area contributed by atoms with Crippen LogP contribution in [-0.4, -0.2) is 40.6 Å². The molecular formula is C17H28N4O2. The lowest BCUT2D eigenvalue weighted by atomic mass is 9.99. The van der Waals surface area contributed by atoms with Gasteiger partial charge in [0.05, 0.1) is 0 Å². The number of rotatable bonds is 4. The summed E-state index contributed by atoms with van der Waals surface area (Å²) in [5, 5.41) is 11.9. The van der Waals surface area contributed by atoms with Crippen molar-refractivity contribution in [3.05, 3.63) is 11.8 Å². The summed E-state index contributed by atoms with van der Waals surface area (Å²) in [6, 6.07) is -0.0344. The summed E-state index contributed by atoms with van der Waals surface area (Å²) in [6.07, 6.45) is 5.92. The van der Waals surface area contributed by atoms with Crippen molar-refractivity contribution >= 4 is 5.91 Å². The standard InChI is InChI=1S/C17H28N4O2/c1-12(2)10-15(22)21-9-4-3-7-14(21)17-20-19-16(23-17)13-6-5-8-18-11-13/h12-14,18H,3-11H2,1-2H3/t13-,14+/m0/s1. The summed E-state index contributed by atoms with van der Waals surface area (Å²) in [4.78, 5) is 14.5. The van der Waals surface area contributed by atoms with Crippen molar-refractivity contribution in [1.29, 1.82) is 0 Å². The van der Waals surface area contributed by atoms with Crippen LogP contribution in [0.25, 0.3) is 0 Å². The van der Waals surface area contributed by atoms with Crippen LogP contribution in [0, 0.1) is 5.92 Å². The van der Waals surface area contributed by atoms with E-state index >= 15 is 0 Å². The minimum atomic E-state index is -0.0344. The molecule has 23 heavy (non-hydrogen) atoms. The van der Waals surface area contributed by atoms with E-state index in [9.17, 15) is 4.79 Å². The molecule has 3 heterocycles. The Kier molecular flexibility index (Phi) is 5.30. The number of nitrogens with one attached hydrogen (secondary N) is 1. The Labute approximate surface area is 138 Å². The molecule has 2 fully saturated rings. The smallest absolute Gasteiger partial charge is 0.238 e. The molecular weight excluding hydrogens is 292 g/mol. The number of amides is 1. The van der Waals surface area contributed by atoms with Crippen LogP contribution in [-0.2, 0) is 4.79 Å². The van der Waals surface area contributed by atoms with Crippen LogP contribution < -0.4 is 5.32 Å². The zero-order valence-corrected chi connectivity index (χ0v) is 14.3. The number of aromatic nitrogens is 2. The Bertz CT molecular complexity index is 522. The highest BCUT2D eigenvalue weighted by atomic mass is 16.4. The quantitative estimate of drug-likeness (QED) is 0.923. The van der Waals surface area contributed by atoms with Crippen molar-refractivity contribution in [2.24, 2.45) is 5.92 Å². The third kappa shape index (κ3) is 3.91. The predicted octanol–water partition coefficient (Wildman–Crippen LogP) is 2.64. The molecule has 128 valence electrons. The first kappa shape index (κ1) is 16.4. The van der Waals surface area contributed by atoms with E-state index in [4.69, 9.17) is 4.42 Å². The maximum Gasteiger partial charge on any atom is 0.238 e. The average Bonchev–Trinajstić information content (AvgIpc) is 3.05. The van der Waals surface area contributed by atoms with Crippen LogP contribution in [0.3, 0.4) is 0 Å². The van der Waals surface area contributed by atoms with Crippen LogP contribution in [0.4, 0.5) is 0 Å². The van der Waals surface area contributed by atoms with E-state index in [1.165, 1.54) is 0 Å². The zero-order chi connectivity index (χ0) is 16.2. The largest absolute Gasteiger partial charge is 0.423 e. The summed E-state index contributed by atoms with van der Waals surface area (Å²) >= 11 is 0. The summed E-state index contributed by atoms with van der Waals surface area (Å²) in [6.45, 7) is 6.94. The highest BCUT2D eigenvalue weighted by Gasteiger charge is 2.33.